The molecule has 2 N–H and O–H groups in total. The molecule has 0 saturated carbocycles. The van der Waals surface area contributed by atoms with E-state index in [1.165, 1.54) is 0 Å². The lowest BCUT2D eigenvalue weighted by Crippen LogP contribution is -2.64. The number of rotatable bonds is 6. The Morgan fingerprint density at radius 3 is 1.97 bits per heavy atom. The lowest BCUT2D eigenvalue weighted by atomic mass is 9.95. The van der Waals surface area contributed by atoms with Crippen LogP contribution in [0.4, 0.5) is 0 Å². The maximum absolute atomic E-state index is 12.4. The molecule has 0 spiro atoms. The van der Waals surface area contributed by atoms with E-state index >= 15 is 0 Å². The minimum absolute atomic E-state index is 0.190. The summed E-state index contributed by atoms with van der Waals surface area (Å²) in [5.74, 6) is -1.16. The Morgan fingerprint density at radius 2 is 1.55 bits per heavy atom. The predicted octanol–water partition coefficient (Wildman–Crippen LogP) is 2.22. The summed E-state index contributed by atoms with van der Waals surface area (Å²) in [5.41, 5.74) is -0.859. The zero-order valence-electron chi connectivity index (χ0n) is 19.3. The van der Waals surface area contributed by atoms with Gasteiger partial charge in [-0.1, -0.05) is 27.7 Å². The minimum atomic E-state index is -2.49. The molecule has 1 heterocycles. The first-order chi connectivity index (χ1) is 13.0. The van der Waals surface area contributed by atoms with Gasteiger partial charge in [0.25, 0.3) is 0 Å². The van der Waals surface area contributed by atoms with E-state index in [9.17, 15) is 19.8 Å². The number of hydrogen-bond acceptors (Lipinski definition) is 8. The van der Waals surface area contributed by atoms with Gasteiger partial charge in [-0.05, 0) is 44.8 Å². The Balaban J connectivity index is 3.23. The first-order valence-corrected chi connectivity index (χ1v) is 12.9. The van der Waals surface area contributed by atoms with Crippen molar-refractivity contribution in [2.24, 2.45) is 11.3 Å². The van der Waals surface area contributed by atoms with Gasteiger partial charge in [-0.3, -0.25) is 4.79 Å². The highest BCUT2D eigenvalue weighted by atomic mass is 28.4. The van der Waals surface area contributed by atoms with Crippen LogP contribution in [0, 0.1) is 11.3 Å². The van der Waals surface area contributed by atoms with Crippen molar-refractivity contribution in [2.45, 2.75) is 97.3 Å². The van der Waals surface area contributed by atoms with Crippen LogP contribution in [0.1, 0.15) is 48.5 Å². The van der Waals surface area contributed by atoms with Crippen LogP contribution in [0.15, 0.2) is 0 Å². The molecule has 1 saturated heterocycles. The summed E-state index contributed by atoms with van der Waals surface area (Å²) in [6.45, 7) is 17.3. The number of hydrogen-bond donors (Lipinski definition) is 2. The number of aliphatic hydroxyl groups excluding tert-OH is 2. The second kappa shape index (κ2) is 9.01. The number of methoxy groups -OCH3 is 1. The molecule has 0 aromatic rings. The summed E-state index contributed by atoms with van der Waals surface area (Å²) >= 11 is 0. The molecule has 0 aromatic carbocycles. The molecule has 0 aliphatic carbocycles. The summed E-state index contributed by atoms with van der Waals surface area (Å²) in [5, 5.41) is 21.2. The molecule has 1 aliphatic heterocycles. The van der Waals surface area contributed by atoms with E-state index in [1.54, 1.807) is 20.8 Å². The van der Waals surface area contributed by atoms with Crippen molar-refractivity contribution in [1.29, 1.82) is 0 Å². The molecule has 0 amide bonds. The van der Waals surface area contributed by atoms with Crippen molar-refractivity contribution in [3.8, 4) is 0 Å². The predicted molar refractivity (Wildman–Crippen MR) is 109 cm³/mol. The number of carbonyl (C=O) groups is 2. The first kappa shape index (κ1) is 26.0. The van der Waals surface area contributed by atoms with Gasteiger partial charge >= 0.3 is 11.9 Å². The van der Waals surface area contributed by atoms with Crippen LogP contribution in [0.5, 0.6) is 0 Å². The standard InChI is InChI=1S/C20H38O8Si/c1-11(2)20(6,7)29(9,10)28-17-13(22)14(27-18(24)19(3,4)5)12(21)15(26-17)16(23)25-8/h11-15,17,21-22H,1-10H3/t12-,13+,14-,15+,17+/m0/s1. The van der Waals surface area contributed by atoms with Crippen LogP contribution in [0.3, 0.4) is 0 Å². The van der Waals surface area contributed by atoms with Gasteiger partial charge in [0.05, 0.1) is 12.5 Å². The summed E-state index contributed by atoms with van der Waals surface area (Å²) < 4.78 is 22.0. The summed E-state index contributed by atoms with van der Waals surface area (Å²) in [7, 11) is -1.32. The van der Waals surface area contributed by atoms with Crippen LogP contribution in [-0.2, 0) is 28.2 Å². The number of carbonyl (C=O) groups excluding carboxylic acids is 2. The monoisotopic (exact) mass is 434 g/mol. The largest absolute Gasteiger partial charge is 0.467 e. The van der Waals surface area contributed by atoms with Gasteiger partial charge in [0, 0.05) is 0 Å². The zero-order chi connectivity index (χ0) is 22.9. The fourth-order valence-electron chi connectivity index (χ4n) is 2.82. The molecule has 1 rings (SSSR count). The average Bonchev–Trinajstić information content (AvgIpc) is 2.58. The number of aliphatic hydroxyl groups is 2. The molecule has 0 bridgehead atoms. The second-order valence-electron chi connectivity index (χ2n) is 10.1. The quantitative estimate of drug-likeness (QED) is 0.483. The second-order valence-corrected chi connectivity index (χ2v) is 14.6. The van der Waals surface area contributed by atoms with E-state index in [0.29, 0.717) is 5.92 Å². The highest BCUT2D eigenvalue weighted by molar-refractivity contribution is 6.74. The van der Waals surface area contributed by atoms with E-state index in [2.05, 4.69) is 27.7 Å². The average molecular weight is 435 g/mol. The Hall–Kier alpha value is -1.00. The molecule has 5 atom stereocenters. The molecular weight excluding hydrogens is 396 g/mol. The molecular formula is C20H38O8Si. The highest BCUT2D eigenvalue weighted by Gasteiger charge is 2.54. The van der Waals surface area contributed by atoms with Crippen LogP contribution >= 0.6 is 0 Å². The normalized spacial score (nSPS) is 28.9. The van der Waals surface area contributed by atoms with E-state index in [0.717, 1.165) is 7.11 Å². The Bertz CT molecular complexity index is 596. The van der Waals surface area contributed by atoms with Crippen molar-refractivity contribution in [2.75, 3.05) is 7.11 Å². The van der Waals surface area contributed by atoms with Gasteiger partial charge in [0.2, 0.25) is 0 Å². The minimum Gasteiger partial charge on any atom is -0.467 e. The third-order valence-electron chi connectivity index (χ3n) is 6.24. The molecule has 1 aliphatic rings. The third kappa shape index (κ3) is 5.58. The third-order valence-corrected chi connectivity index (χ3v) is 10.7. The summed E-state index contributed by atoms with van der Waals surface area (Å²) in [4.78, 5) is 24.5. The van der Waals surface area contributed by atoms with Crippen molar-refractivity contribution < 1.29 is 38.4 Å². The molecule has 29 heavy (non-hydrogen) atoms. The number of ether oxygens (including phenoxy) is 3. The Labute approximate surface area is 175 Å². The van der Waals surface area contributed by atoms with E-state index in [4.69, 9.17) is 18.6 Å². The van der Waals surface area contributed by atoms with Crippen LogP contribution in [0.2, 0.25) is 18.1 Å². The molecule has 170 valence electrons. The van der Waals surface area contributed by atoms with Gasteiger partial charge < -0.3 is 28.8 Å². The highest BCUT2D eigenvalue weighted by Crippen LogP contribution is 2.46. The maximum atomic E-state index is 12.4. The van der Waals surface area contributed by atoms with Gasteiger partial charge in [0.15, 0.2) is 26.8 Å². The van der Waals surface area contributed by atoms with Crippen molar-refractivity contribution in [1.82, 2.24) is 0 Å². The molecule has 1 fully saturated rings. The van der Waals surface area contributed by atoms with E-state index < -0.39 is 56.4 Å². The molecule has 8 nitrogen and oxygen atoms in total. The van der Waals surface area contributed by atoms with Gasteiger partial charge in [0.1, 0.15) is 12.2 Å². The van der Waals surface area contributed by atoms with E-state index in [-0.39, 0.29) is 5.04 Å². The van der Waals surface area contributed by atoms with Crippen LogP contribution in [0.25, 0.3) is 0 Å². The first-order valence-electron chi connectivity index (χ1n) is 9.95. The van der Waals surface area contributed by atoms with Gasteiger partial charge in [-0.2, -0.15) is 0 Å². The fraction of sp³-hybridized carbons (Fsp3) is 0.900. The van der Waals surface area contributed by atoms with Crippen LogP contribution in [-0.4, -0.2) is 68.3 Å². The lowest BCUT2D eigenvalue weighted by molar-refractivity contribution is -0.280. The Kier molecular flexibility index (Phi) is 8.09. The smallest absolute Gasteiger partial charge is 0.337 e. The molecule has 9 heteroatoms. The van der Waals surface area contributed by atoms with E-state index in [1.807, 2.05) is 13.1 Å². The summed E-state index contributed by atoms with van der Waals surface area (Å²) in [6.07, 6.45) is -7.15. The van der Waals surface area contributed by atoms with Gasteiger partial charge in [-0.25, -0.2) is 4.79 Å². The van der Waals surface area contributed by atoms with Gasteiger partial charge in [-0.15, -0.1) is 0 Å². The number of esters is 2. The summed E-state index contributed by atoms with van der Waals surface area (Å²) in [6, 6.07) is 0. The van der Waals surface area contributed by atoms with Crippen molar-refractivity contribution in [3.63, 3.8) is 0 Å². The Morgan fingerprint density at radius 1 is 1.03 bits per heavy atom. The molecule has 0 aromatic heterocycles. The molecule has 0 radical (unpaired) electrons. The van der Waals surface area contributed by atoms with Crippen molar-refractivity contribution >= 4 is 20.3 Å². The van der Waals surface area contributed by atoms with Crippen LogP contribution < -0.4 is 0 Å². The lowest BCUT2D eigenvalue weighted by Gasteiger charge is -2.48. The zero-order valence-corrected chi connectivity index (χ0v) is 20.3. The SMILES string of the molecule is COC(=O)[C@@H]1O[C@H](O[Si](C)(C)C(C)(C)C(C)C)[C@H](O)[C@@H](OC(=O)C(C)(C)C)[C@@H]1O. The maximum Gasteiger partial charge on any atom is 0.337 e. The van der Waals surface area contributed by atoms with Crippen molar-refractivity contribution in [3.05, 3.63) is 0 Å². The fourth-order valence-corrected chi connectivity index (χ4v) is 5.29. The topological polar surface area (TPSA) is 112 Å². The molecule has 0 unspecified atom stereocenters.